The van der Waals surface area contributed by atoms with Crippen molar-refractivity contribution in [1.82, 2.24) is 10.2 Å². The molecule has 1 aromatic carbocycles. The summed E-state index contributed by atoms with van der Waals surface area (Å²) in [4.78, 5) is 6.52. The zero-order valence-electron chi connectivity index (χ0n) is 11.8. The monoisotopic (exact) mass is 245 g/mol. The van der Waals surface area contributed by atoms with Crippen LogP contribution in [0.15, 0.2) is 29.3 Å². The van der Waals surface area contributed by atoms with Gasteiger partial charge in [-0.1, -0.05) is 36.8 Å². The Balaban J connectivity index is 1.93. The van der Waals surface area contributed by atoms with Gasteiger partial charge in [-0.25, -0.2) is 0 Å². The smallest absolute Gasteiger partial charge is 0.193 e. The van der Waals surface area contributed by atoms with Crippen molar-refractivity contribution in [3.05, 3.63) is 35.4 Å². The minimum absolute atomic E-state index is 0.615. The topological polar surface area (TPSA) is 27.6 Å². The van der Waals surface area contributed by atoms with E-state index in [0.717, 1.165) is 18.4 Å². The second-order valence-corrected chi connectivity index (χ2v) is 5.35. The molecule has 1 aliphatic rings. The molecule has 3 heteroatoms. The third-order valence-electron chi connectivity index (χ3n) is 3.54. The van der Waals surface area contributed by atoms with E-state index in [1.807, 2.05) is 7.05 Å². The second-order valence-electron chi connectivity index (χ2n) is 5.35. The van der Waals surface area contributed by atoms with E-state index in [0.29, 0.717) is 6.04 Å². The first-order valence-corrected chi connectivity index (χ1v) is 6.60. The average Bonchev–Trinajstić information content (AvgIpc) is 3.05. The third-order valence-corrected chi connectivity index (χ3v) is 3.54. The molecule has 0 heterocycles. The quantitative estimate of drug-likeness (QED) is 0.654. The van der Waals surface area contributed by atoms with Crippen molar-refractivity contribution >= 4 is 5.96 Å². The van der Waals surface area contributed by atoms with E-state index in [-0.39, 0.29) is 0 Å². The maximum atomic E-state index is 4.35. The summed E-state index contributed by atoms with van der Waals surface area (Å²) in [6.45, 7) is 5.27. The van der Waals surface area contributed by atoms with Crippen LogP contribution < -0.4 is 5.32 Å². The van der Waals surface area contributed by atoms with Crippen molar-refractivity contribution in [2.75, 3.05) is 14.1 Å². The van der Waals surface area contributed by atoms with Crippen LogP contribution in [-0.4, -0.2) is 31.0 Å². The predicted octanol–water partition coefficient (Wildman–Crippen LogP) is 2.41. The maximum absolute atomic E-state index is 4.35. The number of hydrogen-bond acceptors (Lipinski definition) is 1. The van der Waals surface area contributed by atoms with Gasteiger partial charge in [0.1, 0.15) is 0 Å². The van der Waals surface area contributed by atoms with Gasteiger partial charge in [0.25, 0.3) is 0 Å². The Kier molecular flexibility index (Phi) is 3.90. The van der Waals surface area contributed by atoms with Gasteiger partial charge in [0, 0.05) is 26.7 Å². The van der Waals surface area contributed by atoms with E-state index in [9.17, 15) is 0 Å². The van der Waals surface area contributed by atoms with E-state index in [4.69, 9.17) is 0 Å². The predicted molar refractivity (Wildman–Crippen MR) is 76.7 cm³/mol. The van der Waals surface area contributed by atoms with Gasteiger partial charge < -0.3 is 10.2 Å². The van der Waals surface area contributed by atoms with Crippen LogP contribution in [0.2, 0.25) is 0 Å². The van der Waals surface area contributed by atoms with Crippen molar-refractivity contribution in [2.45, 2.75) is 32.9 Å². The SMILES string of the molecule is CN=C(NC1CC1C)N(C)Cc1ccc(C)cc1. The van der Waals surface area contributed by atoms with Crippen LogP contribution in [0, 0.1) is 12.8 Å². The summed E-state index contributed by atoms with van der Waals surface area (Å²) in [5, 5.41) is 3.50. The summed E-state index contributed by atoms with van der Waals surface area (Å²) < 4.78 is 0. The standard InChI is InChI=1S/C15H23N3/c1-11-5-7-13(8-6-11)10-18(4)15(16-3)17-14-9-12(14)2/h5-8,12,14H,9-10H2,1-4H3,(H,16,17). The molecule has 1 aliphatic carbocycles. The normalized spacial score (nSPS) is 22.8. The Morgan fingerprint density at radius 1 is 1.39 bits per heavy atom. The van der Waals surface area contributed by atoms with E-state index in [1.165, 1.54) is 17.5 Å². The summed E-state index contributed by atoms with van der Waals surface area (Å²) in [6.07, 6.45) is 1.26. The van der Waals surface area contributed by atoms with Crippen molar-refractivity contribution in [2.24, 2.45) is 10.9 Å². The van der Waals surface area contributed by atoms with Crippen LogP contribution in [-0.2, 0) is 6.54 Å². The van der Waals surface area contributed by atoms with Crippen molar-refractivity contribution < 1.29 is 0 Å². The fourth-order valence-electron chi connectivity index (χ4n) is 2.08. The molecule has 98 valence electrons. The molecule has 3 nitrogen and oxygen atoms in total. The maximum Gasteiger partial charge on any atom is 0.193 e. The van der Waals surface area contributed by atoms with E-state index in [1.54, 1.807) is 0 Å². The van der Waals surface area contributed by atoms with Crippen LogP contribution >= 0.6 is 0 Å². The molecule has 1 fully saturated rings. The number of benzene rings is 1. The molecule has 1 saturated carbocycles. The summed E-state index contributed by atoms with van der Waals surface area (Å²) >= 11 is 0. The zero-order chi connectivity index (χ0) is 13.1. The van der Waals surface area contributed by atoms with Crippen LogP contribution in [0.5, 0.6) is 0 Å². The summed E-state index contributed by atoms with van der Waals surface area (Å²) in [5.74, 6) is 1.78. The van der Waals surface area contributed by atoms with Crippen molar-refractivity contribution in [3.8, 4) is 0 Å². The zero-order valence-corrected chi connectivity index (χ0v) is 11.8. The van der Waals surface area contributed by atoms with Gasteiger partial charge in [-0.2, -0.15) is 0 Å². The van der Waals surface area contributed by atoms with Gasteiger partial charge in [0.15, 0.2) is 5.96 Å². The second kappa shape index (κ2) is 5.42. The number of aryl methyl sites for hydroxylation is 1. The molecule has 2 unspecified atom stereocenters. The molecule has 0 radical (unpaired) electrons. The molecule has 0 bridgehead atoms. The lowest BCUT2D eigenvalue weighted by molar-refractivity contribution is 0.474. The molecule has 0 aliphatic heterocycles. The summed E-state index contributed by atoms with van der Waals surface area (Å²) in [7, 11) is 3.93. The Hall–Kier alpha value is -1.51. The number of nitrogens with one attached hydrogen (secondary N) is 1. The Bertz CT molecular complexity index is 422. The largest absolute Gasteiger partial charge is 0.353 e. The van der Waals surface area contributed by atoms with Crippen LogP contribution in [0.4, 0.5) is 0 Å². The number of nitrogens with zero attached hydrogens (tertiary/aromatic N) is 2. The number of aliphatic imine (C=N–C) groups is 1. The summed E-state index contributed by atoms with van der Waals surface area (Å²) in [5.41, 5.74) is 2.62. The van der Waals surface area contributed by atoms with Crippen molar-refractivity contribution in [1.29, 1.82) is 0 Å². The molecule has 1 aromatic rings. The van der Waals surface area contributed by atoms with Gasteiger partial charge >= 0.3 is 0 Å². The minimum atomic E-state index is 0.615. The van der Waals surface area contributed by atoms with Crippen LogP contribution in [0.1, 0.15) is 24.5 Å². The minimum Gasteiger partial charge on any atom is -0.353 e. The highest BCUT2D eigenvalue weighted by Gasteiger charge is 2.33. The van der Waals surface area contributed by atoms with Gasteiger partial charge in [-0.15, -0.1) is 0 Å². The number of hydrogen-bond donors (Lipinski definition) is 1. The lowest BCUT2D eigenvalue weighted by Crippen LogP contribution is -2.40. The van der Waals surface area contributed by atoms with Crippen LogP contribution in [0.25, 0.3) is 0 Å². The molecular formula is C15H23N3. The summed E-state index contributed by atoms with van der Waals surface area (Å²) in [6, 6.07) is 9.28. The first-order valence-electron chi connectivity index (χ1n) is 6.60. The van der Waals surface area contributed by atoms with Gasteiger partial charge in [0.2, 0.25) is 0 Å². The molecule has 0 amide bonds. The van der Waals surface area contributed by atoms with Crippen molar-refractivity contribution in [3.63, 3.8) is 0 Å². The molecule has 18 heavy (non-hydrogen) atoms. The first kappa shape index (κ1) is 12.9. The highest BCUT2D eigenvalue weighted by atomic mass is 15.3. The lowest BCUT2D eigenvalue weighted by atomic mass is 10.1. The number of guanidine groups is 1. The fourth-order valence-corrected chi connectivity index (χ4v) is 2.08. The van der Waals surface area contributed by atoms with E-state index in [2.05, 4.69) is 60.4 Å². The van der Waals surface area contributed by atoms with E-state index >= 15 is 0 Å². The molecule has 2 rings (SSSR count). The first-order chi connectivity index (χ1) is 8.60. The Morgan fingerprint density at radius 3 is 2.50 bits per heavy atom. The van der Waals surface area contributed by atoms with Gasteiger partial charge in [-0.05, 0) is 24.8 Å². The highest BCUT2D eigenvalue weighted by Crippen LogP contribution is 2.29. The highest BCUT2D eigenvalue weighted by molar-refractivity contribution is 5.80. The van der Waals surface area contributed by atoms with E-state index < -0.39 is 0 Å². The molecule has 1 N–H and O–H groups in total. The Labute approximate surface area is 110 Å². The van der Waals surface area contributed by atoms with Gasteiger partial charge in [-0.3, -0.25) is 4.99 Å². The molecular weight excluding hydrogens is 222 g/mol. The molecule has 0 spiro atoms. The average molecular weight is 245 g/mol. The van der Waals surface area contributed by atoms with Gasteiger partial charge in [0.05, 0.1) is 0 Å². The lowest BCUT2D eigenvalue weighted by Gasteiger charge is -2.22. The Morgan fingerprint density at radius 2 is 2.00 bits per heavy atom. The third kappa shape index (κ3) is 3.25. The molecule has 0 aromatic heterocycles. The number of rotatable bonds is 3. The molecule has 2 atom stereocenters. The van der Waals surface area contributed by atoms with Crippen LogP contribution in [0.3, 0.4) is 0 Å². The molecule has 0 saturated heterocycles. The fraction of sp³-hybridized carbons (Fsp3) is 0.533.